The fraction of sp³-hybridized carbons (Fsp3) is 0.278. The van der Waals surface area contributed by atoms with E-state index in [1.165, 1.54) is 0 Å². The first-order valence-electron chi connectivity index (χ1n) is 7.94. The van der Waals surface area contributed by atoms with Crippen molar-refractivity contribution in [2.75, 3.05) is 11.9 Å². The van der Waals surface area contributed by atoms with E-state index in [2.05, 4.69) is 10.3 Å². The summed E-state index contributed by atoms with van der Waals surface area (Å²) in [5, 5.41) is 3.67. The summed E-state index contributed by atoms with van der Waals surface area (Å²) in [6, 6.07) is 7.83. The highest BCUT2D eigenvalue weighted by Crippen LogP contribution is 2.25. The van der Waals surface area contributed by atoms with E-state index in [9.17, 15) is 9.59 Å². The Bertz CT molecular complexity index is 788. The van der Waals surface area contributed by atoms with Gasteiger partial charge in [0.2, 0.25) is 5.91 Å². The molecule has 130 valence electrons. The molecule has 1 saturated heterocycles. The highest BCUT2D eigenvalue weighted by Gasteiger charge is 2.34. The average molecular weight is 378 g/mol. The van der Waals surface area contributed by atoms with Crippen molar-refractivity contribution in [1.29, 1.82) is 0 Å². The van der Waals surface area contributed by atoms with Gasteiger partial charge >= 0.3 is 0 Å². The minimum absolute atomic E-state index is 0.186. The number of aryl methyl sites for hydroxylation is 1. The van der Waals surface area contributed by atoms with Crippen LogP contribution in [-0.2, 0) is 4.79 Å². The molecule has 7 heteroatoms. The number of pyridine rings is 1. The number of benzene rings is 1. The molecule has 1 unspecified atom stereocenters. The molecule has 5 nitrogen and oxygen atoms in total. The molecule has 1 aromatic carbocycles. The molecule has 1 aliphatic rings. The van der Waals surface area contributed by atoms with E-state index in [0.717, 1.165) is 12.1 Å². The van der Waals surface area contributed by atoms with E-state index in [4.69, 9.17) is 23.2 Å². The molecule has 2 heterocycles. The van der Waals surface area contributed by atoms with Gasteiger partial charge in [0.15, 0.2) is 0 Å². The zero-order valence-electron chi connectivity index (χ0n) is 13.6. The van der Waals surface area contributed by atoms with Crippen LogP contribution in [0.2, 0.25) is 10.0 Å². The molecular weight excluding hydrogens is 361 g/mol. The van der Waals surface area contributed by atoms with Crippen LogP contribution >= 0.6 is 23.2 Å². The third-order valence-electron chi connectivity index (χ3n) is 4.10. The van der Waals surface area contributed by atoms with Gasteiger partial charge < -0.3 is 10.2 Å². The smallest absolute Gasteiger partial charge is 0.256 e. The fourth-order valence-corrected chi connectivity index (χ4v) is 3.42. The summed E-state index contributed by atoms with van der Waals surface area (Å²) in [4.78, 5) is 31.1. The first-order valence-corrected chi connectivity index (χ1v) is 8.70. The Morgan fingerprint density at radius 2 is 1.92 bits per heavy atom. The van der Waals surface area contributed by atoms with Crippen molar-refractivity contribution in [3.8, 4) is 0 Å². The summed E-state index contributed by atoms with van der Waals surface area (Å²) in [7, 11) is 0. The van der Waals surface area contributed by atoms with E-state index in [1.807, 2.05) is 6.92 Å². The second kappa shape index (κ2) is 7.42. The quantitative estimate of drug-likeness (QED) is 0.880. The summed E-state index contributed by atoms with van der Waals surface area (Å²) in [6.45, 7) is 2.40. The van der Waals surface area contributed by atoms with Gasteiger partial charge in [-0.25, -0.2) is 0 Å². The van der Waals surface area contributed by atoms with Crippen molar-refractivity contribution < 1.29 is 9.59 Å². The zero-order chi connectivity index (χ0) is 18.0. The predicted molar refractivity (Wildman–Crippen MR) is 98.1 cm³/mol. The normalized spacial score (nSPS) is 16.8. The van der Waals surface area contributed by atoms with Gasteiger partial charge in [-0.15, -0.1) is 0 Å². The molecule has 1 aliphatic heterocycles. The Morgan fingerprint density at radius 1 is 1.20 bits per heavy atom. The van der Waals surface area contributed by atoms with Crippen LogP contribution in [0.15, 0.2) is 36.5 Å². The maximum absolute atomic E-state index is 12.7. The molecule has 3 rings (SSSR count). The first-order chi connectivity index (χ1) is 11.9. The van der Waals surface area contributed by atoms with Gasteiger partial charge in [0.1, 0.15) is 6.04 Å². The van der Waals surface area contributed by atoms with E-state index < -0.39 is 6.04 Å². The number of anilines is 1. The Hall–Kier alpha value is -2.11. The Balaban J connectivity index is 1.75. The fourth-order valence-electron chi connectivity index (χ4n) is 2.89. The SMILES string of the molecule is Cc1ccc(C(=O)N2CCCC2C(=O)Nc2cc(Cl)cc(Cl)c2)cn1. The Labute approximate surface area is 155 Å². The van der Waals surface area contributed by atoms with Crippen LogP contribution in [-0.4, -0.2) is 34.3 Å². The number of amides is 2. The Kier molecular flexibility index (Phi) is 5.25. The van der Waals surface area contributed by atoms with Gasteiger partial charge in [-0.3, -0.25) is 14.6 Å². The van der Waals surface area contributed by atoms with Crippen molar-refractivity contribution in [2.24, 2.45) is 0 Å². The monoisotopic (exact) mass is 377 g/mol. The van der Waals surface area contributed by atoms with E-state index in [1.54, 1.807) is 41.4 Å². The average Bonchev–Trinajstić information content (AvgIpc) is 3.03. The Morgan fingerprint density at radius 3 is 2.56 bits per heavy atom. The third kappa shape index (κ3) is 4.11. The van der Waals surface area contributed by atoms with Crippen molar-refractivity contribution in [2.45, 2.75) is 25.8 Å². The molecule has 1 N–H and O–H groups in total. The van der Waals surface area contributed by atoms with Gasteiger partial charge in [-0.1, -0.05) is 23.2 Å². The molecule has 0 aliphatic carbocycles. The lowest BCUT2D eigenvalue weighted by molar-refractivity contribution is -0.119. The molecule has 0 bridgehead atoms. The molecule has 1 aromatic heterocycles. The number of hydrogen-bond donors (Lipinski definition) is 1. The summed E-state index contributed by atoms with van der Waals surface area (Å²) in [5.74, 6) is -0.432. The van der Waals surface area contributed by atoms with Crippen LogP contribution < -0.4 is 5.32 Å². The molecular formula is C18H17Cl2N3O2. The second-order valence-electron chi connectivity index (χ2n) is 5.99. The van der Waals surface area contributed by atoms with E-state index in [-0.39, 0.29) is 11.8 Å². The summed E-state index contributed by atoms with van der Waals surface area (Å²) >= 11 is 11.9. The van der Waals surface area contributed by atoms with Crippen molar-refractivity contribution in [3.63, 3.8) is 0 Å². The number of nitrogens with one attached hydrogen (secondary N) is 1. The van der Waals surface area contributed by atoms with Crippen LogP contribution in [0.25, 0.3) is 0 Å². The first kappa shape index (κ1) is 17.7. The maximum atomic E-state index is 12.7. The summed E-state index contributed by atoms with van der Waals surface area (Å²) in [5.41, 5.74) is 1.83. The number of aromatic nitrogens is 1. The van der Waals surface area contributed by atoms with E-state index in [0.29, 0.717) is 34.3 Å². The standard InChI is InChI=1S/C18H17Cl2N3O2/c1-11-4-5-12(10-21-11)18(25)23-6-2-3-16(23)17(24)22-15-8-13(19)7-14(20)9-15/h4-5,7-10,16H,2-3,6H2,1H3,(H,22,24). The topological polar surface area (TPSA) is 62.3 Å². The number of rotatable bonds is 3. The highest BCUT2D eigenvalue weighted by molar-refractivity contribution is 6.35. The summed E-state index contributed by atoms with van der Waals surface area (Å²) < 4.78 is 0. The van der Waals surface area contributed by atoms with Crippen molar-refractivity contribution in [1.82, 2.24) is 9.88 Å². The number of carbonyl (C=O) groups excluding carboxylic acids is 2. The zero-order valence-corrected chi connectivity index (χ0v) is 15.1. The van der Waals surface area contributed by atoms with Gasteiger partial charge in [0.25, 0.3) is 5.91 Å². The lowest BCUT2D eigenvalue weighted by Crippen LogP contribution is -2.43. The molecule has 0 spiro atoms. The minimum Gasteiger partial charge on any atom is -0.327 e. The van der Waals surface area contributed by atoms with Crippen LogP contribution in [0.5, 0.6) is 0 Å². The highest BCUT2D eigenvalue weighted by atomic mass is 35.5. The molecule has 2 aromatic rings. The predicted octanol–water partition coefficient (Wildman–Crippen LogP) is 3.94. The van der Waals surface area contributed by atoms with Gasteiger partial charge in [-0.05, 0) is 50.1 Å². The van der Waals surface area contributed by atoms with E-state index >= 15 is 0 Å². The number of nitrogens with zero attached hydrogens (tertiary/aromatic N) is 2. The van der Waals surface area contributed by atoms with Crippen LogP contribution in [0.3, 0.4) is 0 Å². The van der Waals surface area contributed by atoms with Gasteiger partial charge in [0.05, 0.1) is 5.56 Å². The van der Waals surface area contributed by atoms with Crippen molar-refractivity contribution in [3.05, 3.63) is 57.8 Å². The third-order valence-corrected chi connectivity index (χ3v) is 4.54. The second-order valence-corrected chi connectivity index (χ2v) is 6.87. The molecule has 0 radical (unpaired) electrons. The van der Waals surface area contributed by atoms with Crippen LogP contribution in [0, 0.1) is 6.92 Å². The molecule has 1 fully saturated rings. The number of likely N-dealkylation sites (tertiary alicyclic amines) is 1. The molecule has 2 amide bonds. The van der Waals surface area contributed by atoms with Gasteiger partial charge in [0, 0.05) is 34.2 Å². The largest absolute Gasteiger partial charge is 0.327 e. The van der Waals surface area contributed by atoms with Crippen LogP contribution in [0.1, 0.15) is 28.9 Å². The summed E-state index contributed by atoms with van der Waals surface area (Å²) in [6.07, 6.45) is 2.94. The number of halogens is 2. The number of carbonyl (C=O) groups is 2. The minimum atomic E-state index is -0.522. The lowest BCUT2D eigenvalue weighted by atomic mass is 10.1. The van der Waals surface area contributed by atoms with Gasteiger partial charge in [-0.2, -0.15) is 0 Å². The number of hydrogen-bond acceptors (Lipinski definition) is 3. The lowest BCUT2D eigenvalue weighted by Gasteiger charge is -2.24. The van der Waals surface area contributed by atoms with Crippen molar-refractivity contribution >= 4 is 40.7 Å². The molecule has 1 atom stereocenters. The molecule has 25 heavy (non-hydrogen) atoms. The molecule has 0 saturated carbocycles. The van der Waals surface area contributed by atoms with Crippen LogP contribution in [0.4, 0.5) is 5.69 Å². The maximum Gasteiger partial charge on any atom is 0.256 e.